The number of amides is 1. The summed E-state index contributed by atoms with van der Waals surface area (Å²) in [7, 11) is 0. The third-order valence-corrected chi connectivity index (χ3v) is 3.97. The van der Waals surface area contributed by atoms with Crippen LogP contribution in [-0.2, 0) is 17.8 Å². The first-order valence-corrected chi connectivity index (χ1v) is 7.44. The molecule has 0 saturated carbocycles. The van der Waals surface area contributed by atoms with Gasteiger partial charge in [-0.25, -0.2) is 0 Å². The minimum absolute atomic E-state index is 0. The number of carbonyl (C=O) groups is 1. The highest BCUT2D eigenvalue weighted by Gasteiger charge is 2.25. The lowest BCUT2D eigenvalue weighted by Gasteiger charge is -2.16. The molecule has 2 heterocycles. The van der Waals surface area contributed by atoms with E-state index in [4.69, 9.17) is 5.73 Å². The Labute approximate surface area is 133 Å². The lowest BCUT2D eigenvalue weighted by Crippen LogP contribution is -2.33. The summed E-state index contributed by atoms with van der Waals surface area (Å²) < 4.78 is 2.03. The molecule has 1 aromatic rings. The maximum absolute atomic E-state index is 12.3. The predicted molar refractivity (Wildman–Crippen MR) is 86.7 cm³/mol. The fourth-order valence-corrected chi connectivity index (χ4v) is 2.79. The van der Waals surface area contributed by atoms with E-state index in [1.54, 1.807) is 0 Å². The van der Waals surface area contributed by atoms with Gasteiger partial charge in [0.1, 0.15) is 0 Å². The Bertz CT molecular complexity index is 498. The molecule has 0 unspecified atom stereocenters. The molecule has 1 aromatic heterocycles. The summed E-state index contributed by atoms with van der Waals surface area (Å²) in [5.41, 5.74) is 9.04. The van der Waals surface area contributed by atoms with Crippen molar-refractivity contribution >= 4 is 18.3 Å². The average molecular weight is 315 g/mol. The SMILES string of the molecule is Cc1nn(CC(C)C)c(C)c1CC(=O)N1CC[C@@H](N)C1.Cl. The van der Waals surface area contributed by atoms with Gasteiger partial charge in [0.05, 0.1) is 12.1 Å². The number of hydrogen-bond donors (Lipinski definition) is 1. The number of rotatable bonds is 4. The maximum Gasteiger partial charge on any atom is 0.227 e. The summed E-state index contributed by atoms with van der Waals surface area (Å²) in [6, 6.07) is 0.143. The Hall–Kier alpha value is -1.07. The zero-order valence-electron chi connectivity index (χ0n) is 13.4. The van der Waals surface area contributed by atoms with E-state index in [1.165, 1.54) is 0 Å². The first kappa shape index (κ1) is 18.0. The zero-order chi connectivity index (χ0) is 14.9. The minimum Gasteiger partial charge on any atom is -0.341 e. The van der Waals surface area contributed by atoms with Gasteiger partial charge < -0.3 is 10.6 Å². The van der Waals surface area contributed by atoms with Crippen LogP contribution in [0.2, 0.25) is 0 Å². The molecule has 0 radical (unpaired) electrons. The normalized spacial score (nSPS) is 18.2. The van der Waals surface area contributed by atoms with Crippen molar-refractivity contribution < 1.29 is 4.79 Å². The Morgan fingerprint density at radius 2 is 2.10 bits per heavy atom. The molecule has 0 aromatic carbocycles. The van der Waals surface area contributed by atoms with E-state index in [2.05, 4.69) is 25.9 Å². The van der Waals surface area contributed by atoms with E-state index in [0.29, 0.717) is 18.9 Å². The molecule has 1 fully saturated rings. The number of nitrogens with zero attached hydrogens (tertiary/aromatic N) is 3. The van der Waals surface area contributed by atoms with Crippen molar-refractivity contribution in [2.75, 3.05) is 13.1 Å². The first-order valence-electron chi connectivity index (χ1n) is 7.44. The van der Waals surface area contributed by atoms with E-state index >= 15 is 0 Å². The van der Waals surface area contributed by atoms with Crippen LogP contribution in [0.25, 0.3) is 0 Å². The molecule has 0 bridgehead atoms. The highest BCUT2D eigenvalue weighted by atomic mass is 35.5. The Morgan fingerprint density at radius 3 is 2.62 bits per heavy atom. The molecule has 0 spiro atoms. The van der Waals surface area contributed by atoms with Crippen LogP contribution in [0.1, 0.15) is 37.2 Å². The number of nitrogens with two attached hydrogens (primary N) is 1. The summed E-state index contributed by atoms with van der Waals surface area (Å²) in [5.74, 6) is 0.723. The first-order chi connectivity index (χ1) is 9.38. The van der Waals surface area contributed by atoms with Gasteiger partial charge in [0.15, 0.2) is 0 Å². The van der Waals surface area contributed by atoms with Crippen LogP contribution in [0.4, 0.5) is 0 Å². The summed E-state index contributed by atoms with van der Waals surface area (Å²) >= 11 is 0. The molecule has 1 aliphatic heterocycles. The Balaban J connectivity index is 0.00000220. The predicted octanol–water partition coefficient (Wildman–Crippen LogP) is 1.68. The van der Waals surface area contributed by atoms with Crippen molar-refractivity contribution in [1.82, 2.24) is 14.7 Å². The molecular formula is C15H27ClN4O. The topological polar surface area (TPSA) is 64.2 Å². The Morgan fingerprint density at radius 1 is 1.43 bits per heavy atom. The van der Waals surface area contributed by atoms with Crippen molar-refractivity contribution in [2.45, 2.75) is 53.1 Å². The van der Waals surface area contributed by atoms with Crippen LogP contribution in [-0.4, -0.2) is 39.7 Å². The van der Waals surface area contributed by atoms with E-state index in [9.17, 15) is 4.79 Å². The lowest BCUT2D eigenvalue weighted by atomic mass is 10.1. The van der Waals surface area contributed by atoms with E-state index in [-0.39, 0.29) is 24.4 Å². The van der Waals surface area contributed by atoms with Crippen LogP contribution in [0.5, 0.6) is 0 Å². The second-order valence-electron chi connectivity index (χ2n) is 6.29. The molecule has 120 valence electrons. The molecule has 6 heteroatoms. The molecular weight excluding hydrogens is 288 g/mol. The second-order valence-corrected chi connectivity index (χ2v) is 6.29. The summed E-state index contributed by atoms with van der Waals surface area (Å²) in [6.45, 7) is 10.8. The average Bonchev–Trinajstić information content (AvgIpc) is 2.88. The number of aromatic nitrogens is 2. The number of hydrogen-bond acceptors (Lipinski definition) is 3. The van der Waals surface area contributed by atoms with E-state index < -0.39 is 0 Å². The second kappa shape index (κ2) is 7.27. The maximum atomic E-state index is 12.3. The Kier molecular flexibility index (Phi) is 6.23. The van der Waals surface area contributed by atoms with E-state index in [1.807, 2.05) is 16.5 Å². The van der Waals surface area contributed by atoms with E-state index in [0.717, 1.165) is 36.5 Å². The summed E-state index contributed by atoms with van der Waals surface area (Å²) in [4.78, 5) is 14.2. The highest BCUT2D eigenvalue weighted by Crippen LogP contribution is 2.17. The van der Waals surface area contributed by atoms with Gasteiger partial charge in [-0.05, 0) is 26.2 Å². The van der Waals surface area contributed by atoms with Crippen molar-refractivity contribution in [3.05, 3.63) is 17.0 Å². The van der Waals surface area contributed by atoms with Crippen LogP contribution < -0.4 is 5.73 Å². The fourth-order valence-electron chi connectivity index (χ4n) is 2.79. The molecule has 1 atom stereocenters. The molecule has 1 aliphatic rings. The lowest BCUT2D eigenvalue weighted by molar-refractivity contribution is -0.129. The van der Waals surface area contributed by atoms with Crippen LogP contribution in [0.3, 0.4) is 0 Å². The van der Waals surface area contributed by atoms with Gasteiger partial charge in [0.25, 0.3) is 0 Å². The van der Waals surface area contributed by atoms with Crippen molar-refractivity contribution in [2.24, 2.45) is 11.7 Å². The van der Waals surface area contributed by atoms with Crippen molar-refractivity contribution in [3.8, 4) is 0 Å². The number of likely N-dealkylation sites (tertiary alicyclic amines) is 1. The molecule has 21 heavy (non-hydrogen) atoms. The van der Waals surface area contributed by atoms with Crippen molar-refractivity contribution in [1.29, 1.82) is 0 Å². The van der Waals surface area contributed by atoms with Crippen LogP contribution in [0, 0.1) is 19.8 Å². The van der Waals surface area contributed by atoms with Crippen LogP contribution in [0.15, 0.2) is 0 Å². The van der Waals surface area contributed by atoms with Crippen LogP contribution >= 0.6 is 12.4 Å². The quantitative estimate of drug-likeness (QED) is 0.919. The standard InChI is InChI=1S/C15H26N4O.ClH/c1-10(2)8-19-12(4)14(11(3)17-19)7-15(20)18-6-5-13(16)9-18;/h10,13H,5-9,16H2,1-4H3;1H/t13-;/m1./s1. The van der Waals surface area contributed by atoms with Gasteiger partial charge in [0.2, 0.25) is 5.91 Å². The summed E-state index contributed by atoms with van der Waals surface area (Å²) in [5, 5.41) is 4.57. The molecule has 1 saturated heterocycles. The van der Waals surface area contributed by atoms with Gasteiger partial charge in [-0.2, -0.15) is 5.10 Å². The van der Waals surface area contributed by atoms with Gasteiger partial charge >= 0.3 is 0 Å². The fraction of sp³-hybridized carbons (Fsp3) is 0.733. The number of carbonyl (C=O) groups excluding carboxylic acids is 1. The van der Waals surface area contributed by atoms with Gasteiger partial charge in [-0.3, -0.25) is 9.48 Å². The summed E-state index contributed by atoms with van der Waals surface area (Å²) in [6.07, 6.45) is 1.36. The van der Waals surface area contributed by atoms with Gasteiger partial charge in [0, 0.05) is 36.9 Å². The smallest absolute Gasteiger partial charge is 0.227 e. The molecule has 0 aliphatic carbocycles. The van der Waals surface area contributed by atoms with Gasteiger partial charge in [-0.1, -0.05) is 13.8 Å². The molecule has 2 rings (SSSR count). The molecule has 5 nitrogen and oxygen atoms in total. The van der Waals surface area contributed by atoms with Gasteiger partial charge in [-0.15, -0.1) is 12.4 Å². The number of aryl methyl sites for hydroxylation is 1. The molecule has 2 N–H and O–H groups in total. The minimum atomic E-state index is 0. The van der Waals surface area contributed by atoms with Crippen molar-refractivity contribution in [3.63, 3.8) is 0 Å². The molecule has 1 amide bonds. The monoisotopic (exact) mass is 314 g/mol. The largest absolute Gasteiger partial charge is 0.341 e. The number of halogens is 1. The third kappa shape index (κ3) is 4.20. The zero-order valence-corrected chi connectivity index (χ0v) is 14.2. The third-order valence-electron chi connectivity index (χ3n) is 3.97. The highest BCUT2D eigenvalue weighted by molar-refractivity contribution is 5.85.